The molecule has 0 amide bonds. The lowest BCUT2D eigenvalue weighted by Gasteiger charge is -2.28. The van der Waals surface area contributed by atoms with Gasteiger partial charge in [0.1, 0.15) is 5.83 Å². The Morgan fingerprint density at radius 1 is 1.32 bits per heavy atom. The van der Waals surface area contributed by atoms with E-state index >= 15 is 0 Å². The van der Waals surface area contributed by atoms with Gasteiger partial charge in [0.15, 0.2) is 12.3 Å². The Labute approximate surface area is 128 Å². The van der Waals surface area contributed by atoms with E-state index in [1.807, 2.05) is 19.1 Å². The van der Waals surface area contributed by atoms with E-state index in [9.17, 15) is 13.2 Å². The van der Waals surface area contributed by atoms with Gasteiger partial charge in [0, 0.05) is 13.1 Å². The zero-order chi connectivity index (χ0) is 15.7. The van der Waals surface area contributed by atoms with Crippen molar-refractivity contribution in [1.29, 1.82) is 0 Å². The molecule has 5 heteroatoms. The second kappa shape index (κ2) is 6.32. The van der Waals surface area contributed by atoms with Gasteiger partial charge in [-0.2, -0.15) is 0 Å². The molecule has 1 heterocycles. The largest absolute Gasteiger partial charge is 0.370 e. The Balaban J connectivity index is 1.59. The predicted octanol–water partition coefficient (Wildman–Crippen LogP) is 3.78. The quantitative estimate of drug-likeness (QED) is 0.786. The van der Waals surface area contributed by atoms with Crippen molar-refractivity contribution >= 4 is 0 Å². The van der Waals surface area contributed by atoms with Crippen LogP contribution in [-0.2, 0) is 4.74 Å². The smallest absolute Gasteiger partial charge is 0.174 e. The number of nitrogens with zero attached hydrogens (tertiary/aromatic N) is 1. The van der Waals surface area contributed by atoms with E-state index in [4.69, 9.17) is 4.74 Å². The van der Waals surface area contributed by atoms with Gasteiger partial charge in [-0.3, -0.25) is 0 Å². The maximum absolute atomic E-state index is 13.9. The van der Waals surface area contributed by atoms with Crippen LogP contribution in [0, 0.1) is 0 Å². The summed E-state index contributed by atoms with van der Waals surface area (Å²) < 4.78 is 46.7. The molecule has 0 N–H and O–H groups in total. The number of allylic oxidation sites excluding steroid dienone is 6. The third-order valence-corrected chi connectivity index (χ3v) is 4.29. The molecule has 0 saturated carbocycles. The summed E-state index contributed by atoms with van der Waals surface area (Å²) in [5.74, 6) is -0.711. The lowest BCUT2D eigenvalue weighted by molar-refractivity contribution is 0.0208. The van der Waals surface area contributed by atoms with Gasteiger partial charge >= 0.3 is 0 Å². The van der Waals surface area contributed by atoms with Gasteiger partial charge < -0.3 is 9.64 Å². The topological polar surface area (TPSA) is 12.5 Å². The molecule has 3 aliphatic rings. The average molecular weight is 311 g/mol. The van der Waals surface area contributed by atoms with E-state index in [0.29, 0.717) is 19.2 Å². The number of rotatable bonds is 3. The summed E-state index contributed by atoms with van der Waals surface area (Å²) in [6.45, 7) is 3.07. The first-order valence-electron chi connectivity index (χ1n) is 7.65. The number of ether oxygens (including phenoxy) is 1. The number of hydrogen-bond acceptors (Lipinski definition) is 2. The van der Waals surface area contributed by atoms with Gasteiger partial charge in [0.2, 0.25) is 0 Å². The Hall–Kier alpha value is -1.49. The monoisotopic (exact) mass is 311 g/mol. The van der Waals surface area contributed by atoms with Crippen molar-refractivity contribution in [3.05, 3.63) is 47.5 Å². The fourth-order valence-electron chi connectivity index (χ4n) is 3.06. The van der Waals surface area contributed by atoms with Gasteiger partial charge in [0.05, 0.1) is 17.9 Å². The molecule has 2 nitrogen and oxygen atoms in total. The van der Waals surface area contributed by atoms with Crippen molar-refractivity contribution < 1.29 is 17.9 Å². The molecule has 0 aromatic carbocycles. The summed E-state index contributed by atoms with van der Waals surface area (Å²) >= 11 is 0. The fraction of sp³-hybridized carbons (Fsp3) is 0.529. The second-order valence-corrected chi connectivity index (χ2v) is 6.04. The normalized spacial score (nSPS) is 35.3. The Morgan fingerprint density at radius 3 is 2.86 bits per heavy atom. The zero-order valence-electron chi connectivity index (χ0n) is 12.5. The molecule has 22 heavy (non-hydrogen) atoms. The molecule has 0 aromatic rings. The third kappa shape index (κ3) is 3.29. The van der Waals surface area contributed by atoms with Gasteiger partial charge in [-0.25, -0.2) is 13.2 Å². The summed E-state index contributed by atoms with van der Waals surface area (Å²) in [5, 5.41) is 0. The first-order valence-corrected chi connectivity index (χ1v) is 7.65. The first kappa shape index (κ1) is 15.4. The lowest BCUT2D eigenvalue weighted by Crippen LogP contribution is -2.34. The molecule has 1 saturated heterocycles. The van der Waals surface area contributed by atoms with E-state index in [-0.39, 0.29) is 17.9 Å². The molecule has 0 spiro atoms. The van der Waals surface area contributed by atoms with Gasteiger partial charge in [-0.05, 0) is 31.9 Å². The summed E-state index contributed by atoms with van der Waals surface area (Å²) in [6.07, 6.45) is 5.79. The highest BCUT2D eigenvalue weighted by Gasteiger charge is 2.35. The van der Waals surface area contributed by atoms with Crippen LogP contribution in [0.3, 0.4) is 0 Å². The number of alkyl halides is 2. The lowest BCUT2D eigenvalue weighted by atomic mass is 10.1. The Kier molecular flexibility index (Phi) is 4.43. The van der Waals surface area contributed by atoms with Crippen LogP contribution in [0.4, 0.5) is 13.2 Å². The standard InChI is InChI=1S/C17H20F3NO/c1-11-2-4-13(5-3-11)22-14-6-7-21(10-14)16-9-12(18)8-15(19)17(16)20/h2-4,8-9,13-15,17H,5-7,10H2,1H3. The Morgan fingerprint density at radius 2 is 2.14 bits per heavy atom. The van der Waals surface area contributed by atoms with Crippen molar-refractivity contribution in [2.24, 2.45) is 0 Å². The first-order chi connectivity index (χ1) is 10.5. The van der Waals surface area contributed by atoms with Crippen LogP contribution < -0.4 is 0 Å². The number of hydrogen-bond donors (Lipinski definition) is 0. The van der Waals surface area contributed by atoms with Crippen LogP contribution in [0.1, 0.15) is 19.8 Å². The predicted molar refractivity (Wildman–Crippen MR) is 79.4 cm³/mol. The minimum Gasteiger partial charge on any atom is -0.370 e. The van der Waals surface area contributed by atoms with E-state index < -0.39 is 18.2 Å². The molecule has 0 aromatic heterocycles. The zero-order valence-corrected chi connectivity index (χ0v) is 12.5. The minimum absolute atomic E-state index is 0.0284. The van der Waals surface area contributed by atoms with Crippen molar-refractivity contribution in [2.75, 3.05) is 13.1 Å². The molecule has 4 unspecified atom stereocenters. The number of halogens is 3. The highest BCUT2D eigenvalue weighted by atomic mass is 19.2. The SMILES string of the molecule is CC1=CCC(OC2CCN(C3=CC(F)=CC(F)C3F)C2)C=C1. The Bertz CT molecular complexity index is 552. The number of likely N-dealkylation sites (tertiary alicyclic amines) is 1. The van der Waals surface area contributed by atoms with E-state index in [1.165, 1.54) is 5.57 Å². The van der Waals surface area contributed by atoms with Crippen molar-refractivity contribution in [3.8, 4) is 0 Å². The maximum atomic E-state index is 13.9. The van der Waals surface area contributed by atoms with Crippen LogP contribution in [0.15, 0.2) is 47.5 Å². The highest BCUT2D eigenvalue weighted by molar-refractivity contribution is 5.29. The molecule has 4 atom stereocenters. The molecule has 2 aliphatic carbocycles. The second-order valence-electron chi connectivity index (χ2n) is 6.04. The van der Waals surface area contributed by atoms with Crippen LogP contribution >= 0.6 is 0 Å². The molecular weight excluding hydrogens is 291 g/mol. The molecule has 1 fully saturated rings. The van der Waals surface area contributed by atoms with E-state index in [0.717, 1.165) is 18.9 Å². The fourth-order valence-corrected chi connectivity index (χ4v) is 3.06. The molecule has 0 radical (unpaired) electrons. The summed E-state index contributed by atoms with van der Waals surface area (Å²) in [5.41, 5.74) is 1.31. The van der Waals surface area contributed by atoms with Crippen molar-refractivity contribution in [1.82, 2.24) is 4.90 Å². The summed E-state index contributed by atoms with van der Waals surface area (Å²) in [6, 6.07) is 0. The van der Waals surface area contributed by atoms with Crippen molar-refractivity contribution in [3.63, 3.8) is 0 Å². The van der Waals surface area contributed by atoms with Crippen molar-refractivity contribution in [2.45, 2.75) is 44.3 Å². The van der Waals surface area contributed by atoms with Crippen LogP contribution in [-0.4, -0.2) is 42.5 Å². The van der Waals surface area contributed by atoms with Crippen LogP contribution in [0.25, 0.3) is 0 Å². The van der Waals surface area contributed by atoms with Crippen LogP contribution in [0.5, 0.6) is 0 Å². The maximum Gasteiger partial charge on any atom is 0.174 e. The van der Waals surface area contributed by atoms with Crippen LogP contribution in [0.2, 0.25) is 0 Å². The van der Waals surface area contributed by atoms with E-state index in [1.54, 1.807) is 4.90 Å². The molecule has 0 bridgehead atoms. The van der Waals surface area contributed by atoms with E-state index in [2.05, 4.69) is 6.08 Å². The highest BCUT2D eigenvalue weighted by Crippen LogP contribution is 2.30. The molecule has 1 aliphatic heterocycles. The third-order valence-electron chi connectivity index (χ3n) is 4.29. The molecule has 3 rings (SSSR count). The molecule has 120 valence electrons. The molecular formula is C17H20F3NO. The summed E-state index contributed by atoms with van der Waals surface area (Å²) in [7, 11) is 0. The van der Waals surface area contributed by atoms with Gasteiger partial charge in [0.25, 0.3) is 0 Å². The summed E-state index contributed by atoms with van der Waals surface area (Å²) in [4.78, 5) is 1.70. The van der Waals surface area contributed by atoms with Gasteiger partial charge in [-0.15, -0.1) is 0 Å². The van der Waals surface area contributed by atoms with Gasteiger partial charge in [-0.1, -0.05) is 23.8 Å². The average Bonchev–Trinajstić information content (AvgIpc) is 2.93. The minimum atomic E-state index is -1.91.